The van der Waals surface area contributed by atoms with E-state index in [2.05, 4.69) is 20.3 Å². The van der Waals surface area contributed by atoms with Gasteiger partial charge in [0, 0.05) is 24.5 Å². The number of aromatic nitrogens is 4. The van der Waals surface area contributed by atoms with Gasteiger partial charge in [0.25, 0.3) is 11.6 Å². The summed E-state index contributed by atoms with van der Waals surface area (Å²) >= 11 is 0. The maximum atomic E-state index is 12.2. The molecule has 0 aliphatic carbocycles. The van der Waals surface area contributed by atoms with E-state index in [0.717, 1.165) is 0 Å². The van der Waals surface area contributed by atoms with E-state index < -0.39 is 10.8 Å². The van der Waals surface area contributed by atoms with Gasteiger partial charge in [-0.1, -0.05) is 12.1 Å². The van der Waals surface area contributed by atoms with Gasteiger partial charge in [0.1, 0.15) is 29.9 Å². The molecule has 1 aromatic carbocycles. The standard InChI is InChI=1S/C14H10N6O3/c21-14(10-3-1-2-4-11(10)20(22)23)18-12-7-13(17-8-16-12)19-6-5-15-9-19/h1-9H,(H,16,17,18,21). The topological polar surface area (TPSA) is 116 Å². The van der Waals surface area contributed by atoms with Crippen LogP contribution in [-0.4, -0.2) is 30.3 Å². The molecule has 0 aliphatic rings. The molecular weight excluding hydrogens is 300 g/mol. The minimum Gasteiger partial charge on any atom is -0.306 e. The van der Waals surface area contributed by atoms with Gasteiger partial charge in [-0.25, -0.2) is 15.0 Å². The molecule has 0 fully saturated rings. The second-order valence-corrected chi connectivity index (χ2v) is 4.46. The van der Waals surface area contributed by atoms with Gasteiger partial charge in [0.15, 0.2) is 0 Å². The van der Waals surface area contributed by atoms with Crippen LogP contribution in [0.3, 0.4) is 0 Å². The lowest BCUT2D eigenvalue weighted by Gasteiger charge is -2.06. The van der Waals surface area contributed by atoms with Crippen LogP contribution in [0.5, 0.6) is 0 Å². The van der Waals surface area contributed by atoms with Crippen molar-refractivity contribution in [1.82, 2.24) is 19.5 Å². The van der Waals surface area contributed by atoms with Gasteiger partial charge in [-0.2, -0.15) is 0 Å². The van der Waals surface area contributed by atoms with Crippen LogP contribution in [0.15, 0.2) is 55.4 Å². The first-order valence-electron chi connectivity index (χ1n) is 6.50. The number of nitrogens with one attached hydrogen (secondary N) is 1. The number of benzene rings is 1. The SMILES string of the molecule is O=C(Nc1cc(-n2ccnc2)ncn1)c1ccccc1[N+](=O)[O-]. The predicted octanol–water partition coefficient (Wildman–Crippen LogP) is 1.82. The fraction of sp³-hybridized carbons (Fsp3) is 0. The van der Waals surface area contributed by atoms with Crippen LogP contribution < -0.4 is 5.32 Å². The summed E-state index contributed by atoms with van der Waals surface area (Å²) < 4.78 is 1.64. The smallest absolute Gasteiger partial charge is 0.282 e. The molecule has 114 valence electrons. The summed E-state index contributed by atoms with van der Waals surface area (Å²) in [6.45, 7) is 0. The van der Waals surface area contributed by atoms with Crippen molar-refractivity contribution >= 4 is 17.4 Å². The van der Waals surface area contributed by atoms with Gasteiger partial charge in [-0.15, -0.1) is 0 Å². The van der Waals surface area contributed by atoms with Crippen LogP contribution in [0.4, 0.5) is 11.5 Å². The number of amides is 1. The van der Waals surface area contributed by atoms with Crippen molar-refractivity contribution in [3.63, 3.8) is 0 Å². The third-order valence-corrected chi connectivity index (χ3v) is 3.01. The first-order chi connectivity index (χ1) is 11.1. The van der Waals surface area contributed by atoms with E-state index in [1.807, 2.05) is 0 Å². The molecule has 2 aromatic heterocycles. The predicted molar refractivity (Wildman–Crippen MR) is 80.2 cm³/mol. The molecule has 1 N–H and O–H groups in total. The van der Waals surface area contributed by atoms with Crippen molar-refractivity contribution in [2.75, 3.05) is 5.32 Å². The summed E-state index contributed by atoms with van der Waals surface area (Å²) in [5.74, 6) is 0.120. The van der Waals surface area contributed by atoms with E-state index in [-0.39, 0.29) is 17.1 Å². The Balaban J connectivity index is 1.87. The number of nitrogens with zero attached hydrogens (tertiary/aromatic N) is 5. The van der Waals surface area contributed by atoms with E-state index in [1.54, 1.807) is 29.4 Å². The van der Waals surface area contributed by atoms with Crippen LogP contribution in [0.1, 0.15) is 10.4 Å². The summed E-state index contributed by atoms with van der Waals surface area (Å²) in [5, 5.41) is 13.5. The maximum Gasteiger partial charge on any atom is 0.282 e. The van der Waals surface area contributed by atoms with E-state index in [4.69, 9.17) is 0 Å². The fourth-order valence-corrected chi connectivity index (χ4v) is 1.96. The summed E-state index contributed by atoms with van der Waals surface area (Å²) in [7, 11) is 0. The minimum absolute atomic E-state index is 0.0414. The number of carbonyl (C=O) groups excluding carboxylic acids is 1. The Bertz CT molecular complexity index is 862. The Kier molecular flexibility index (Phi) is 3.75. The Morgan fingerprint density at radius 2 is 2.09 bits per heavy atom. The maximum absolute atomic E-state index is 12.2. The van der Waals surface area contributed by atoms with Crippen molar-refractivity contribution in [2.24, 2.45) is 0 Å². The lowest BCUT2D eigenvalue weighted by atomic mass is 10.1. The quantitative estimate of drug-likeness (QED) is 0.580. The molecule has 23 heavy (non-hydrogen) atoms. The van der Waals surface area contributed by atoms with Gasteiger partial charge in [0.05, 0.1) is 4.92 Å². The number of imidazole rings is 1. The average Bonchev–Trinajstić information content (AvgIpc) is 3.09. The summed E-state index contributed by atoms with van der Waals surface area (Å²) in [5.41, 5.74) is -0.311. The highest BCUT2D eigenvalue weighted by Gasteiger charge is 2.19. The number of nitro benzene ring substituents is 1. The number of hydrogen-bond donors (Lipinski definition) is 1. The number of rotatable bonds is 4. The molecule has 0 bridgehead atoms. The Labute approximate surface area is 129 Å². The van der Waals surface area contributed by atoms with Crippen molar-refractivity contribution < 1.29 is 9.72 Å². The van der Waals surface area contributed by atoms with Gasteiger partial charge in [-0.05, 0) is 6.07 Å². The zero-order valence-corrected chi connectivity index (χ0v) is 11.7. The van der Waals surface area contributed by atoms with Gasteiger partial charge in [0.2, 0.25) is 0 Å². The van der Waals surface area contributed by atoms with E-state index in [9.17, 15) is 14.9 Å². The average molecular weight is 310 g/mol. The number of anilines is 1. The highest BCUT2D eigenvalue weighted by Crippen LogP contribution is 2.19. The second kappa shape index (κ2) is 6.02. The Morgan fingerprint density at radius 1 is 1.26 bits per heavy atom. The number of hydrogen-bond acceptors (Lipinski definition) is 6. The van der Waals surface area contributed by atoms with Crippen LogP contribution >= 0.6 is 0 Å². The zero-order valence-electron chi connectivity index (χ0n) is 11.7. The molecule has 2 heterocycles. The molecule has 3 rings (SSSR count). The molecule has 0 saturated carbocycles. The van der Waals surface area contributed by atoms with E-state index in [0.29, 0.717) is 5.82 Å². The molecular formula is C14H10N6O3. The third kappa shape index (κ3) is 3.02. The number of carbonyl (C=O) groups is 1. The van der Waals surface area contributed by atoms with Crippen molar-refractivity contribution in [3.8, 4) is 5.82 Å². The molecule has 3 aromatic rings. The summed E-state index contributed by atoms with van der Waals surface area (Å²) in [6, 6.07) is 7.24. The van der Waals surface area contributed by atoms with Crippen LogP contribution in [0.25, 0.3) is 5.82 Å². The van der Waals surface area contributed by atoms with Crippen molar-refractivity contribution in [2.45, 2.75) is 0 Å². The Hall–Kier alpha value is -3.62. The molecule has 0 saturated heterocycles. The lowest BCUT2D eigenvalue weighted by Crippen LogP contribution is -2.15. The molecule has 0 aliphatic heterocycles. The molecule has 0 radical (unpaired) electrons. The van der Waals surface area contributed by atoms with Crippen molar-refractivity contribution in [1.29, 1.82) is 0 Å². The van der Waals surface area contributed by atoms with E-state index >= 15 is 0 Å². The largest absolute Gasteiger partial charge is 0.306 e. The van der Waals surface area contributed by atoms with Crippen molar-refractivity contribution in [3.05, 3.63) is 71.1 Å². The summed E-state index contributed by atoms with van der Waals surface area (Å²) in [6.07, 6.45) is 6.12. The Morgan fingerprint density at radius 3 is 2.83 bits per heavy atom. The molecule has 9 nitrogen and oxygen atoms in total. The molecule has 1 amide bonds. The monoisotopic (exact) mass is 310 g/mol. The number of para-hydroxylation sites is 1. The molecule has 0 spiro atoms. The molecule has 0 unspecified atom stereocenters. The highest BCUT2D eigenvalue weighted by molar-refractivity contribution is 6.06. The minimum atomic E-state index is -0.618. The lowest BCUT2D eigenvalue weighted by molar-refractivity contribution is -0.385. The van der Waals surface area contributed by atoms with Gasteiger partial charge >= 0.3 is 0 Å². The third-order valence-electron chi connectivity index (χ3n) is 3.01. The van der Waals surface area contributed by atoms with Crippen LogP contribution in [0.2, 0.25) is 0 Å². The fourth-order valence-electron chi connectivity index (χ4n) is 1.96. The highest BCUT2D eigenvalue weighted by atomic mass is 16.6. The first kappa shape index (κ1) is 14.3. The summed E-state index contributed by atoms with van der Waals surface area (Å²) in [4.78, 5) is 34.5. The van der Waals surface area contributed by atoms with Crippen LogP contribution in [0, 0.1) is 10.1 Å². The van der Waals surface area contributed by atoms with Crippen LogP contribution in [-0.2, 0) is 0 Å². The normalized spacial score (nSPS) is 10.3. The number of nitro groups is 1. The molecule has 0 atom stereocenters. The van der Waals surface area contributed by atoms with Gasteiger partial charge in [-0.3, -0.25) is 19.5 Å². The second-order valence-electron chi connectivity index (χ2n) is 4.46. The van der Waals surface area contributed by atoms with E-state index in [1.165, 1.54) is 30.6 Å². The first-order valence-corrected chi connectivity index (χ1v) is 6.50. The zero-order chi connectivity index (χ0) is 16.2. The molecule has 9 heteroatoms. The van der Waals surface area contributed by atoms with Gasteiger partial charge < -0.3 is 5.32 Å².